The highest BCUT2D eigenvalue weighted by molar-refractivity contribution is 6.34. The third kappa shape index (κ3) is 5.29. The number of nitrogens with zero attached hydrogens (tertiary/aromatic N) is 1. The molecule has 6 nitrogen and oxygen atoms in total. The lowest BCUT2D eigenvalue weighted by Gasteiger charge is -2.29. The molecule has 3 aromatic carbocycles. The predicted molar refractivity (Wildman–Crippen MR) is 126 cm³/mol. The van der Waals surface area contributed by atoms with E-state index in [1.807, 2.05) is 43.3 Å². The summed E-state index contributed by atoms with van der Waals surface area (Å²) in [6.07, 6.45) is 0.849. The number of rotatable bonds is 7. The zero-order valence-electron chi connectivity index (χ0n) is 18.2. The Labute approximate surface area is 197 Å². The van der Waals surface area contributed by atoms with E-state index in [1.165, 1.54) is 0 Å². The van der Waals surface area contributed by atoms with Gasteiger partial charge in [0.15, 0.2) is 6.73 Å². The molecule has 0 saturated carbocycles. The van der Waals surface area contributed by atoms with Crippen LogP contribution >= 0.6 is 11.6 Å². The number of hydrogen-bond acceptors (Lipinski definition) is 4. The van der Waals surface area contributed by atoms with Crippen molar-refractivity contribution < 1.29 is 24.2 Å². The van der Waals surface area contributed by atoms with Gasteiger partial charge in [0.05, 0.1) is 30.2 Å². The Hall–Kier alpha value is -3.51. The van der Waals surface area contributed by atoms with Crippen LogP contribution in [0.3, 0.4) is 0 Å². The highest BCUT2D eigenvalue weighted by Gasteiger charge is 2.25. The van der Waals surface area contributed by atoms with E-state index in [2.05, 4.69) is 0 Å². The van der Waals surface area contributed by atoms with E-state index in [0.717, 1.165) is 34.4 Å². The average Bonchev–Trinajstić information content (AvgIpc) is 2.81. The maximum absolute atomic E-state index is 13.1. The van der Waals surface area contributed by atoms with Crippen LogP contribution in [0, 0.1) is 0 Å². The number of halogens is 1. The van der Waals surface area contributed by atoms with Gasteiger partial charge in [0.1, 0.15) is 11.5 Å². The van der Waals surface area contributed by atoms with E-state index < -0.39 is 5.97 Å². The van der Waals surface area contributed by atoms with E-state index in [9.17, 15) is 9.59 Å². The van der Waals surface area contributed by atoms with Gasteiger partial charge in [-0.15, -0.1) is 0 Å². The lowest BCUT2D eigenvalue weighted by Crippen LogP contribution is -2.37. The summed E-state index contributed by atoms with van der Waals surface area (Å²) in [6.45, 7) is 3.11. The first-order valence-electron chi connectivity index (χ1n) is 10.7. The molecule has 0 unspecified atom stereocenters. The number of amides is 1. The third-order valence-corrected chi connectivity index (χ3v) is 5.66. The van der Waals surface area contributed by atoms with Crippen LogP contribution in [0.1, 0.15) is 34.8 Å². The van der Waals surface area contributed by atoms with Crippen molar-refractivity contribution >= 4 is 23.5 Å². The molecule has 0 atom stereocenters. The van der Waals surface area contributed by atoms with Crippen LogP contribution in [0.4, 0.5) is 0 Å². The molecule has 3 aromatic rings. The van der Waals surface area contributed by atoms with Gasteiger partial charge in [-0.2, -0.15) is 0 Å². The van der Waals surface area contributed by atoms with Gasteiger partial charge in [-0.3, -0.25) is 9.59 Å². The maximum atomic E-state index is 13.1. The van der Waals surface area contributed by atoms with Crippen LogP contribution in [0.15, 0.2) is 60.7 Å². The first kappa shape index (κ1) is 22.7. The van der Waals surface area contributed by atoms with E-state index in [1.54, 1.807) is 29.2 Å². The van der Waals surface area contributed by atoms with Crippen LogP contribution in [-0.4, -0.2) is 35.2 Å². The largest absolute Gasteiger partial charge is 0.494 e. The Morgan fingerprint density at radius 2 is 1.91 bits per heavy atom. The van der Waals surface area contributed by atoms with Crippen LogP contribution < -0.4 is 9.47 Å². The number of aliphatic carboxylic acids is 1. The minimum atomic E-state index is -0.872. The number of carboxylic acids is 1. The van der Waals surface area contributed by atoms with Gasteiger partial charge in [0.25, 0.3) is 5.91 Å². The van der Waals surface area contributed by atoms with Crippen LogP contribution in [-0.2, 0) is 17.8 Å². The number of benzene rings is 3. The molecule has 170 valence electrons. The molecule has 0 spiro atoms. The minimum absolute atomic E-state index is 0.0345. The quantitative estimate of drug-likeness (QED) is 0.504. The average molecular weight is 466 g/mol. The molecular formula is C26H24ClNO5. The van der Waals surface area contributed by atoms with Gasteiger partial charge in [0.2, 0.25) is 0 Å². The molecule has 1 heterocycles. The van der Waals surface area contributed by atoms with Crippen molar-refractivity contribution in [3.05, 3.63) is 82.4 Å². The van der Waals surface area contributed by atoms with Gasteiger partial charge in [-0.05, 0) is 53.4 Å². The lowest BCUT2D eigenvalue weighted by molar-refractivity contribution is -0.136. The predicted octanol–water partition coefficient (Wildman–Crippen LogP) is 5.42. The molecular weight excluding hydrogens is 442 g/mol. The number of hydrogen-bond donors (Lipinski definition) is 1. The van der Waals surface area contributed by atoms with Gasteiger partial charge in [-0.1, -0.05) is 48.9 Å². The normalized spacial score (nSPS) is 12.6. The molecule has 0 saturated heterocycles. The number of fused-ring (bicyclic) bond motifs is 1. The van der Waals surface area contributed by atoms with Crippen molar-refractivity contribution in [3.8, 4) is 22.6 Å². The second kappa shape index (κ2) is 9.96. The number of carboxylic acid groups (broad SMARTS) is 1. The zero-order valence-corrected chi connectivity index (χ0v) is 19.0. The second-order valence-electron chi connectivity index (χ2n) is 7.86. The van der Waals surface area contributed by atoms with Crippen molar-refractivity contribution in [2.24, 2.45) is 0 Å². The monoisotopic (exact) mass is 465 g/mol. The number of carbonyl (C=O) groups is 2. The Morgan fingerprint density at radius 1 is 1.09 bits per heavy atom. The van der Waals surface area contributed by atoms with Crippen molar-refractivity contribution in [3.63, 3.8) is 0 Å². The Balaban J connectivity index is 1.54. The molecule has 1 N–H and O–H groups in total. The summed E-state index contributed by atoms with van der Waals surface area (Å²) in [5, 5.41) is 9.40. The maximum Gasteiger partial charge on any atom is 0.307 e. The molecule has 4 rings (SSSR count). The summed E-state index contributed by atoms with van der Waals surface area (Å²) < 4.78 is 11.4. The standard InChI is InChI=1S/C26H24ClNO5/c1-2-10-32-21-7-8-22(23(27)14-21)26(31)28-15-20-13-19(6-9-24(20)33-16-28)18-5-3-4-17(11-18)12-25(29)30/h3-9,11,13-14H,2,10,12,15-16H2,1H3,(H,29,30). The van der Waals surface area contributed by atoms with Gasteiger partial charge < -0.3 is 19.5 Å². The molecule has 33 heavy (non-hydrogen) atoms. The smallest absolute Gasteiger partial charge is 0.307 e. The van der Waals surface area contributed by atoms with Crippen molar-refractivity contribution in [2.45, 2.75) is 26.3 Å². The van der Waals surface area contributed by atoms with Gasteiger partial charge in [-0.25, -0.2) is 0 Å². The SMILES string of the molecule is CCCOc1ccc(C(=O)N2COc3ccc(-c4cccc(CC(=O)O)c4)cc3C2)c(Cl)c1. The first-order valence-corrected chi connectivity index (χ1v) is 11.1. The fourth-order valence-corrected chi connectivity index (χ4v) is 3.99. The van der Waals surface area contributed by atoms with Crippen molar-refractivity contribution in [2.75, 3.05) is 13.3 Å². The van der Waals surface area contributed by atoms with Gasteiger partial charge >= 0.3 is 5.97 Å². The van der Waals surface area contributed by atoms with Crippen LogP contribution in [0.25, 0.3) is 11.1 Å². The Bertz CT molecular complexity index is 1190. The van der Waals surface area contributed by atoms with Crippen molar-refractivity contribution in [1.29, 1.82) is 0 Å². The fourth-order valence-electron chi connectivity index (χ4n) is 3.74. The van der Waals surface area contributed by atoms with E-state index in [4.69, 9.17) is 26.2 Å². The zero-order chi connectivity index (χ0) is 23.4. The van der Waals surface area contributed by atoms with Gasteiger partial charge in [0, 0.05) is 5.56 Å². The minimum Gasteiger partial charge on any atom is -0.494 e. The number of ether oxygens (including phenoxy) is 2. The fraction of sp³-hybridized carbons (Fsp3) is 0.231. The molecule has 0 aromatic heterocycles. The molecule has 7 heteroatoms. The molecule has 1 aliphatic heterocycles. The first-order chi connectivity index (χ1) is 15.9. The van der Waals surface area contributed by atoms with E-state index in [0.29, 0.717) is 29.5 Å². The van der Waals surface area contributed by atoms with E-state index in [-0.39, 0.29) is 19.1 Å². The highest BCUT2D eigenvalue weighted by Crippen LogP contribution is 2.32. The molecule has 1 aliphatic rings. The van der Waals surface area contributed by atoms with Crippen LogP contribution in [0.5, 0.6) is 11.5 Å². The topological polar surface area (TPSA) is 76.1 Å². The summed E-state index contributed by atoms with van der Waals surface area (Å²) >= 11 is 6.37. The van der Waals surface area contributed by atoms with Crippen molar-refractivity contribution in [1.82, 2.24) is 4.90 Å². The highest BCUT2D eigenvalue weighted by atomic mass is 35.5. The molecule has 0 fully saturated rings. The summed E-state index contributed by atoms with van der Waals surface area (Å²) in [6, 6.07) is 18.3. The Morgan fingerprint density at radius 3 is 2.67 bits per heavy atom. The molecule has 0 bridgehead atoms. The third-order valence-electron chi connectivity index (χ3n) is 5.34. The second-order valence-corrected chi connectivity index (χ2v) is 8.27. The van der Waals surface area contributed by atoms with E-state index >= 15 is 0 Å². The summed E-state index contributed by atoms with van der Waals surface area (Å²) in [5.74, 6) is 0.262. The van der Waals surface area contributed by atoms with Crippen LogP contribution in [0.2, 0.25) is 5.02 Å². The Kier molecular flexibility index (Phi) is 6.84. The molecule has 0 radical (unpaired) electrons. The molecule has 0 aliphatic carbocycles. The summed E-state index contributed by atoms with van der Waals surface area (Å²) in [7, 11) is 0. The summed E-state index contributed by atoms with van der Waals surface area (Å²) in [5.41, 5.74) is 3.83. The molecule has 1 amide bonds. The lowest BCUT2D eigenvalue weighted by atomic mass is 9.99. The number of carbonyl (C=O) groups excluding carboxylic acids is 1. The summed E-state index contributed by atoms with van der Waals surface area (Å²) in [4.78, 5) is 25.8.